The van der Waals surface area contributed by atoms with Gasteiger partial charge in [0.15, 0.2) is 5.11 Å². The third-order valence-electron chi connectivity index (χ3n) is 4.66. The van der Waals surface area contributed by atoms with Gasteiger partial charge in [-0.25, -0.2) is 0 Å². The largest absolute Gasteiger partial charge is 0.496 e. The molecule has 0 spiro atoms. The molecule has 1 aliphatic heterocycles. The minimum absolute atomic E-state index is 0.0100. The van der Waals surface area contributed by atoms with Gasteiger partial charge in [-0.3, -0.25) is 19.8 Å². The number of anilines is 1. The smallest absolute Gasteiger partial charge is 0.270 e. The Labute approximate surface area is 204 Å². The number of hydrogen-bond acceptors (Lipinski definition) is 5. The highest BCUT2D eigenvalue weighted by molar-refractivity contribution is 14.1. The number of hydrogen-bond donors (Lipinski definition) is 1. The van der Waals surface area contributed by atoms with Crippen molar-refractivity contribution in [3.8, 4) is 17.2 Å². The standard InChI is InChI=1S/C24H17IN2O4S/c1-30-21-12-7-15(14-20(21)25)13-19-22(28)26-24(32)27(23(19)29)16-8-10-18(11-9-16)31-17-5-3-2-4-6-17/h2-14H,1H3,(H,26,28,32). The number of halogens is 1. The molecule has 1 heterocycles. The van der Waals surface area contributed by atoms with Crippen LogP contribution in [0.3, 0.4) is 0 Å². The number of para-hydroxylation sites is 1. The predicted molar refractivity (Wildman–Crippen MR) is 135 cm³/mol. The van der Waals surface area contributed by atoms with Crippen LogP contribution in [0.4, 0.5) is 5.69 Å². The van der Waals surface area contributed by atoms with Crippen LogP contribution in [0.25, 0.3) is 6.08 Å². The lowest BCUT2D eigenvalue weighted by atomic mass is 10.1. The summed E-state index contributed by atoms with van der Waals surface area (Å²) in [5, 5.41) is 2.62. The summed E-state index contributed by atoms with van der Waals surface area (Å²) in [5.74, 6) is 1.000. The van der Waals surface area contributed by atoms with Crippen molar-refractivity contribution >= 4 is 63.5 Å². The van der Waals surface area contributed by atoms with Crippen molar-refractivity contribution in [1.29, 1.82) is 0 Å². The minimum Gasteiger partial charge on any atom is -0.496 e. The van der Waals surface area contributed by atoms with E-state index in [2.05, 4.69) is 27.9 Å². The van der Waals surface area contributed by atoms with Crippen molar-refractivity contribution in [1.82, 2.24) is 5.32 Å². The van der Waals surface area contributed by atoms with Crippen LogP contribution in [-0.2, 0) is 9.59 Å². The number of rotatable bonds is 5. The Morgan fingerprint density at radius 1 is 0.969 bits per heavy atom. The van der Waals surface area contributed by atoms with Gasteiger partial charge in [-0.2, -0.15) is 0 Å². The Morgan fingerprint density at radius 2 is 1.66 bits per heavy atom. The van der Waals surface area contributed by atoms with E-state index in [0.29, 0.717) is 28.5 Å². The highest BCUT2D eigenvalue weighted by Gasteiger charge is 2.34. The number of nitrogens with zero attached hydrogens (tertiary/aromatic N) is 1. The van der Waals surface area contributed by atoms with Gasteiger partial charge in [0.1, 0.15) is 22.8 Å². The van der Waals surface area contributed by atoms with E-state index in [9.17, 15) is 9.59 Å². The van der Waals surface area contributed by atoms with E-state index in [0.717, 1.165) is 3.57 Å². The van der Waals surface area contributed by atoms with Crippen LogP contribution in [0.5, 0.6) is 17.2 Å². The molecule has 3 aromatic carbocycles. The average Bonchev–Trinajstić information content (AvgIpc) is 2.78. The third-order valence-corrected chi connectivity index (χ3v) is 5.79. The van der Waals surface area contributed by atoms with E-state index >= 15 is 0 Å². The molecule has 0 unspecified atom stereocenters. The van der Waals surface area contributed by atoms with Crippen LogP contribution in [0.2, 0.25) is 0 Å². The van der Waals surface area contributed by atoms with Crippen LogP contribution >= 0.6 is 34.8 Å². The first kappa shape index (κ1) is 22.0. The Bertz CT molecular complexity index is 1230. The lowest BCUT2D eigenvalue weighted by molar-refractivity contribution is -0.122. The van der Waals surface area contributed by atoms with E-state index in [1.807, 2.05) is 36.4 Å². The molecule has 0 bridgehead atoms. The van der Waals surface area contributed by atoms with Gasteiger partial charge in [-0.1, -0.05) is 24.3 Å². The Balaban J connectivity index is 1.60. The predicted octanol–water partition coefficient (Wildman–Crippen LogP) is 4.92. The first-order valence-corrected chi connectivity index (χ1v) is 11.0. The van der Waals surface area contributed by atoms with E-state index in [-0.39, 0.29) is 10.7 Å². The highest BCUT2D eigenvalue weighted by atomic mass is 127. The zero-order valence-electron chi connectivity index (χ0n) is 16.9. The van der Waals surface area contributed by atoms with Crippen molar-refractivity contribution in [2.75, 3.05) is 12.0 Å². The van der Waals surface area contributed by atoms with Gasteiger partial charge in [0.25, 0.3) is 11.8 Å². The second-order valence-corrected chi connectivity index (χ2v) is 8.31. The summed E-state index contributed by atoms with van der Waals surface area (Å²) in [7, 11) is 1.59. The fourth-order valence-corrected chi connectivity index (χ4v) is 4.16. The molecule has 2 amide bonds. The van der Waals surface area contributed by atoms with Gasteiger partial charge >= 0.3 is 0 Å². The summed E-state index contributed by atoms with van der Waals surface area (Å²) in [6.45, 7) is 0. The number of carbonyl (C=O) groups is 2. The van der Waals surface area contributed by atoms with Crippen molar-refractivity contribution in [2.24, 2.45) is 0 Å². The first-order valence-electron chi connectivity index (χ1n) is 9.54. The van der Waals surface area contributed by atoms with Gasteiger partial charge < -0.3 is 9.47 Å². The van der Waals surface area contributed by atoms with Crippen LogP contribution in [0, 0.1) is 3.57 Å². The molecule has 8 heteroatoms. The molecule has 1 fully saturated rings. The summed E-state index contributed by atoms with van der Waals surface area (Å²) in [4.78, 5) is 27.0. The molecule has 0 atom stereocenters. The molecular weight excluding hydrogens is 539 g/mol. The fourth-order valence-electron chi connectivity index (χ4n) is 3.12. The SMILES string of the molecule is COc1ccc(C=C2C(=O)NC(=S)N(c3ccc(Oc4ccccc4)cc3)C2=O)cc1I. The maximum atomic E-state index is 13.2. The number of carbonyl (C=O) groups excluding carboxylic acids is 2. The van der Waals surface area contributed by atoms with E-state index in [1.54, 1.807) is 49.6 Å². The van der Waals surface area contributed by atoms with Gasteiger partial charge in [0, 0.05) is 0 Å². The zero-order valence-corrected chi connectivity index (χ0v) is 19.8. The number of thiocarbonyl (C=S) groups is 1. The number of nitrogens with one attached hydrogen (secondary N) is 1. The second-order valence-electron chi connectivity index (χ2n) is 6.76. The quantitative estimate of drug-likeness (QED) is 0.209. The van der Waals surface area contributed by atoms with Gasteiger partial charge in [0.2, 0.25) is 0 Å². The van der Waals surface area contributed by atoms with Crippen LogP contribution in [0.1, 0.15) is 5.56 Å². The average molecular weight is 556 g/mol. The zero-order chi connectivity index (χ0) is 22.7. The number of methoxy groups -OCH3 is 1. The number of ether oxygens (including phenoxy) is 2. The molecule has 1 N–H and O–H groups in total. The van der Waals surface area contributed by atoms with Crippen LogP contribution in [0.15, 0.2) is 78.4 Å². The molecule has 0 radical (unpaired) electrons. The Morgan fingerprint density at radius 3 is 2.31 bits per heavy atom. The van der Waals surface area contributed by atoms with Crippen molar-refractivity contribution in [3.05, 3.63) is 87.5 Å². The fraction of sp³-hybridized carbons (Fsp3) is 0.0417. The maximum absolute atomic E-state index is 13.2. The molecule has 1 aliphatic rings. The molecule has 1 saturated heterocycles. The van der Waals surface area contributed by atoms with E-state index in [1.165, 1.54) is 4.90 Å². The summed E-state index contributed by atoms with van der Waals surface area (Å²) in [5.41, 5.74) is 1.22. The Kier molecular flexibility index (Phi) is 6.52. The molecular formula is C24H17IN2O4S. The normalized spacial score (nSPS) is 15.0. The van der Waals surface area contributed by atoms with Crippen LogP contribution in [-0.4, -0.2) is 24.0 Å². The van der Waals surface area contributed by atoms with E-state index in [4.69, 9.17) is 21.7 Å². The van der Waals surface area contributed by atoms with E-state index < -0.39 is 11.8 Å². The third kappa shape index (κ3) is 4.66. The Hall–Kier alpha value is -3.24. The summed E-state index contributed by atoms with van der Waals surface area (Å²) < 4.78 is 11.9. The first-order chi connectivity index (χ1) is 15.5. The minimum atomic E-state index is -0.536. The molecule has 0 aliphatic carbocycles. The summed E-state index contributed by atoms with van der Waals surface area (Å²) in [6, 6.07) is 21.7. The van der Waals surface area contributed by atoms with Gasteiger partial charge in [0.05, 0.1) is 16.4 Å². The molecule has 0 aromatic heterocycles. The lowest BCUT2D eigenvalue weighted by Crippen LogP contribution is -2.54. The molecule has 3 aromatic rings. The van der Waals surface area contributed by atoms with Gasteiger partial charge in [-0.05, 0) is 95.0 Å². The highest BCUT2D eigenvalue weighted by Crippen LogP contribution is 2.28. The monoisotopic (exact) mass is 556 g/mol. The van der Waals surface area contributed by atoms with Crippen molar-refractivity contribution in [3.63, 3.8) is 0 Å². The van der Waals surface area contributed by atoms with Crippen LogP contribution < -0.4 is 19.7 Å². The van der Waals surface area contributed by atoms with Crippen molar-refractivity contribution in [2.45, 2.75) is 0 Å². The molecule has 6 nitrogen and oxygen atoms in total. The summed E-state index contributed by atoms with van der Waals surface area (Å²) >= 11 is 7.40. The maximum Gasteiger partial charge on any atom is 0.270 e. The molecule has 32 heavy (non-hydrogen) atoms. The lowest BCUT2D eigenvalue weighted by Gasteiger charge is -2.29. The number of benzene rings is 3. The molecule has 160 valence electrons. The second kappa shape index (κ2) is 9.49. The molecule has 4 rings (SSSR count). The van der Waals surface area contributed by atoms with Crippen molar-refractivity contribution < 1.29 is 19.1 Å². The topological polar surface area (TPSA) is 67.9 Å². The number of amides is 2. The molecule has 0 saturated carbocycles. The summed E-state index contributed by atoms with van der Waals surface area (Å²) in [6.07, 6.45) is 1.54. The van der Waals surface area contributed by atoms with Gasteiger partial charge in [-0.15, -0.1) is 0 Å².